The van der Waals surface area contributed by atoms with Gasteiger partial charge < -0.3 is 9.15 Å². The summed E-state index contributed by atoms with van der Waals surface area (Å²) in [4.78, 5) is 15.2. The van der Waals surface area contributed by atoms with Crippen molar-refractivity contribution < 1.29 is 13.9 Å². The summed E-state index contributed by atoms with van der Waals surface area (Å²) in [7, 11) is 1.29. The van der Waals surface area contributed by atoms with Gasteiger partial charge in [-0.2, -0.15) is 0 Å². The van der Waals surface area contributed by atoms with Crippen molar-refractivity contribution in [1.29, 1.82) is 0 Å². The molecule has 0 radical (unpaired) electrons. The summed E-state index contributed by atoms with van der Waals surface area (Å²) < 4.78 is 9.75. The first kappa shape index (κ1) is 10.7. The number of halogens is 1. The lowest BCUT2D eigenvalue weighted by Gasteiger charge is -2.01. The summed E-state index contributed by atoms with van der Waals surface area (Å²) in [6.07, 6.45) is 1.19. The molecule has 2 rings (SSSR count). The smallest absolute Gasteiger partial charge is 0.360 e. The lowest BCUT2D eigenvalue weighted by atomic mass is 10.1. The summed E-state index contributed by atoms with van der Waals surface area (Å²) in [6.45, 7) is 0. The van der Waals surface area contributed by atoms with Crippen LogP contribution in [0.2, 0.25) is 5.02 Å². The van der Waals surface area contributed by atoms with Crippen molar-refractivity contribution in [2.75, 3.05) is 7.11 Å². The van der Waals surface area contributed by atoms with E-state index in [1.54, 1.807) is 24.3 Å². The third-order valence-corrected chi connectivity index (χ3v) is 2.39. The summed E-state index contributed by atoms with van der Waals surface area (Å²) in [6, 6.07) is 7.04. The molecule has 0 saturated carbocycles. The molecule has 0 fully saturated rings. The first-order valence-electron chi connectivity index (χ1n) is 4.50. The Labute approximate surface area is 96.8 Å². The highest BCUT2D eigenvalue weighted by Gasteiger charge is 2.20. The molecule has 82 valence electrons. The Hall–Kier alpha value is -1.81. The molecular formula is C11H8ClNO3. The molecule has 4 nitrogen and oxygen atoms in total. The number of carbonyl (C=O) groups is 1. The molecule has 0 spiro atoms. The van der Waals surface area contributed by atoms with Crippen LogP contribution in [-0.2, 0) is 4.74 Å². The van der Waals surface area contributed by atoms with Crippen molar-refractivity contribution in [2.45, 2.75) is 0 Å². The maximum Gasteiger partial charge on any atom is 0.360 e. The van der Waals surface area contributed by atoms with E-state index >= 15 is 0 Å². The number of benzene rings is 1. The third-order valence-electron chi connectivity index (χ3n) is 2.06. The van der Waals surface area contributed by atoms with E-state index in [0.29, 0.717) is 16.3 Å². The van der Waals surface area contributed by atoms with Gasteiger partial charge in [-0.3, -0.25) is 0 Å². The molecule has 0 amide bonds. The van der Waals surface area contributed by atoms with Gasteiger partial charge in [0, 0.05) is 5.56 Å². The van der Waals surface area contributed by atoms with Crippen LogP contribution in [0.25, 0.3) is 11.3 Å². The zero-order chi connectivity index (χ0) is 11.5. The highest BCUT2D eigenvalue weighted by Crippen LogP contribution is 2.29. The number of oxazole rings is 1. The van der Waals surface area contributed by atoms with Crippen molar-refractivity contribution in [1.82, 2.24) is 4.98 Å². The van der Waals surface area contributed by atoms with Gasteiger partial charge in [-0.1, -0.05) is 23.7 Å². The number of ether oxygens (including phenoxy) is 1. The van der Waals surface area contributed by atoms with Crippen LogP contribution in [-0.4, -0.2) is 18.1 Å². The van der Waals surface area contributed by atoms with Crippen molar-refractivity contribution in [3.8, 4) is 11.3 Å². The van der Waals surface area contributed by atoms with E-state index in [1.807, 2.05) is 0 Å². The Balaban J connectivity index is 2.53. The predicted octanol–water partition coefficient (Wildman–Crippen LogP) is 2.78. The van der Waals surface area contributed by atoms with Gasteiger partial charge in [0.15, 0.2) is 17.8 Å². The fraction of sp³-hybridized carbons (Fsp3) is 0.0909. The number of methoxy groups -OCH3 is 1. The Morgan fingerprint density at radius 2 is 2.19 bits per heavy atom. The number of nitrogens with zero attached hydrogens (tertiary/aromatic N) is 1. The largest absolute Gasteiger partial charge is 0.464 e. The average molecular weight is 238 g/mol. The van der Waals surface area contributed by atoms with Gasteiger partial charge >= 0.3 is 5.97 Å². The Kier molecular flexibility index (Phi) is 2.92. The minimum Gasteiger partial charge on any atom is -0.464 e. The standard InChI is InChI=1S/C11H8ClNO3/c1-15-11(14)9-10(16-6-13-9)7-4-2-3-5-8(7)12/h2-6H,1H3. The lowest BCUT2D eigenvalue weighted by molar-refractivity contribution is 0.0595. The molecule has 0 unspecified atom stereocenters. The summed E-state index contributed by atoms with van der Waals surface area (Å²) in [5.41, 5.74) is 0.734. The third kappa shape index (κ3) is 1.79. The number of aromatic nitrogens is 1. The molecular weight excluding hydrogens is 230 g/mol. The van der Waals surface area contributed by atoms with Crippen LogP contribution >= 0.6 is 11.6 Å². The maximum absolute atomic E-state index is 11.4. The lowest BCUT2D eigenvalue weighted by Crippen LogP contribution is -2.03. The predicted molar refractivity (Wildman–Crippen MR) is 58.3 cm³/mol. The van der Waals surface area contributed by atoms with Crippen LogP contribution in [0.4, 0.5) is 0 Å². The Bertz CT molecular complexity index is 521. The van der Waals surface area contributed by atoms with Gasteiger partial charge in [0.2, 0.25) is 0 Å². The Morgan fingerprint density at radius 1 is 1.44 bits per heavy atom. The second-order valence-electron chi connectivity index (χ2n) is 3.00. The molecule has 0 aliphatic rings. The number of hydrogen-bond acceptors (Lipinski definition) is 4. The molecule has 0 bridgehead atoms. The molecule has 0 N–H and O–H groups in total. The summed E-state index contributed by atoms with van der Waals surface area (Å²) >= 11 is 6.00. The van der Waals surface area contributed by atoms with Crippen LogP contribution in [0.15, 0.2) is 35.1 Å². The van der Waals surface area contributed by atoms with Crippen molar-refractivity contribution in [3.05, 3.63) is 41.4 Å². The molecule has 0 aliphatic heterocycles. The molecule has 1 aromatic heterocycles. The topological polar surface area (TPSA) is 52.3 Å². The van der Waals surface area contributed by atoms with Gasteiger partial charge in [-0.25, -0.2) is 9.78 Å². The van der Waals surface area contributed by atoms with E-state index in [0.717, 1.165) is 0 Å². The maximum atomic E-state index is 11.4. The van der Waals surface area contributed by atoms with Crippen LogP contribution < -0.4 is 0 Å². The fourth-order valence-electron chi connectivity index (χ4n) is 1.32. The molecule has 0 aliphatic carbocycles. The van der Waals surface area contributed by atoms with Crippen LogP contribution in [0.5, 0.6) is 0 Å². The Morgan fingerprint density at radius 3 is 2.88 bits per heavy atom. The van der Waals surface area contributed by atoms with Crippen LogP contribution in [0.1, 0.15) is 10.5 Å². The minimum absolute atomic E-state index is 0.121. The zero-order valence-electron chi connectivity index (χ0n) is 8.44. The van der Waals surface area contributed by atoms with E-state index in [-0.39, 0.29) is 5.69 Å². The molecule has 0 saturated heterocycles. The van der Waals surface area contributed by atoms with Crippen LogP contribution in [0, 0.1) is 0 Å². The number of rotatable bonds is 2. The number of carbonyl (C=O) groups excluding carboxylic acids is 1. The number of esters is 1. The normalized spacial score (nSPS) is 10.1. The second-order valence-corrected chi connectivity index (χ2v) is 3.41. The first-order valence-corrected chi connectivity index (χ1v) is 4.88. The van der Waals surface area contributed by atoms with E-state index in [4.69, 9.17) is 16.0 Å². The van der Waals surface area contributed by atoms with Crippen molar-refractivity contribution in [2.24, 2.45) is 0 Å². The molecule has 5 heteroatoms. The van der Waals surface area contributed by atoms with Gasteiger partial charge in [0.1, 0.15) is 0 Å². The van der Waals surface area contributed by atoms with E-state index in [2.05, 4.69) is 9.72 Å². The molecule has 1 aromatic carbocycles. The van der Waals surface area contributed by atoms with E-state index in [9.17, 15) is 4.79 Å². The number of hydrogen-bond donors (Lipinski definition) is 0. The summed E-state index contributed by atoms with van der Waals surface area (Å²) in [5.74, 6) is -0.235. The first-order chi connectivity index (χ1) is 7.74. The zero-order valence-corrected chi connectivity index (χ0v) is 9.19. The van der Waals surface area contributed by atoms with Gasteiger partial charge in [0.25, 0.3) is 0 Å². The highest BCUT2D eigenvalue weighted by molar-refractivity contribution is 6.33. The van der Waals surface area contributed by atoms with Crippen molar-refractivity contribution in [3.63, 3.8) is 0 Å². The summed E-state index contributed by atoms with van der Waals surface area (Å²) in [5, 5.41) is 0.490. The van der Waals surface area contributed by atoms with Crippen LogP contribution in [0.3, 0.4) is 0 Å². The fourth-order valence-corrected chi connectivity index (χ4v) is 1.55. The molecule has 0 atom stereocenters. The molecule has 1 heterocycles. The molecule has 2 aromatic rings. The van der Waals surface area contributed by atoms with E-state index in [1.165, 1.54) is 13.5 Å². The minimum atomic E-state index is -0.552. The van der Waals surface area contributed by atoms with Gasteiger partial charge in [-0.05, 0) is 12.1 Å². The molecule has 16 heavy (non-hydrogen) atoms. The average Bonchev–Trinajstić information content (AvgIpc) is 2.77. The monoisotopic (exact) mass is 237 g/mol. The van der Waals surface area contributed by atoms with E-state index < -0.39 is 5.97 Å². The van der Waals surface area contributed by atoms with Gasteiger partial charge in [-0.15, -0.1) is 0 Å². The van der Waals surface area contributed by atoms with Crippen molar-refractivity contribution >= 4 is 17.6 Å². The van der Waals surface area contributed by atoms with Gasteiger partial charge in [0.05, 0.1) is 12.1 Å². The highest BCUT2D eigenvalue weighted by atomic mass is 35.5. The SMILES string of the molecule is COC(=O)c1ncoc1-c1ccccc1Cl. The second kappa shape index (κ2) is 4.37. The quantitative estimate of drug-likeness (QED) is 0.754.